The van der Waals surface area contributed by atoms with Gasteiger partial charge in [0.25, 0.3) is 0 Å². The number of hydrogen-bond acceptors (Lipinski definition) is 6. The number of anilines is 1. The number of nitrogens with one attached hydrogen (secondary N) is 1. The Balaban J connectivity index is 3.44. The van der Waals surface area contributed by atoms with Crippen molar-refractivity contribution in [1.29, 1.82) is 0 Å². The lowest BCUT2D eigenvalue weighted by molar-refractivity contribution is -0.385. The van der Waals surface area contributed by atoms with Crippen molar-refractivity contribution < 1.29 is 22.8 Å². The highest BCUT2D eigenvalue weighted by molar-refractivity contribution is 7.92. The maximum Gasteiger partial charge on any atom is 0.313 e. The molecule has 0 bridgehead atoms. The highest BCUT2D eigenvalue weighted by atomic mass is 32.2. The van der Waals surface area contributed by atoms with Gasteiger partial charge in [-0.25, -0.2) is 8.42 Å². The van der Waals surface area contributed by atoms with Crippen LogP contribution < -0.4 is 9.46 Å². The van der Waals surface area contributed by atoms with Gasteiger partial charge in [0, 0.05) is 13.2 Å². The molecule has 0 amide bonds. The van der Waals surface area contributed by atoms with Gasteiger partial charge < -0.3 is 9.47 Å². The zero-order chi connectivity index (χ0) is 17.8. The molecule has 9 heteroatoms. The van der Waals surface area contributed by atoms with Gasteiger partial charge in [-0.1, -0.05) is 20.8 Å². The van der Waals surface area contributed by atoms with Gasteiger partial charge in [0.05, 0.1) is 30.1 Å². The Bertz CT molecular complexity index is 679. The van der Waals surface area contributed by atoms with E-state index in [0.717, 1.165) is 0 Å². The predicted octanol–water partition coefficient (Wildman–Crippen LogP) is 2.29. The molecular weight excluding hydrogens is 324 g/mol. The molecule has 0 saturated heterocycles. The van der Waals surface area contributed by atoms with Gasteiger partial charge in [-0.3, -0.25) is 14.8 Å². The second-order valence-electron chi connectivity index (χ2n) is 6.00. The van der Waals surface area contributed by atoms with E-state index in [4.69, 9.17) is 9.47 Å². The van der Waals surface area contributed by atoms with Crippen LogP contribution in [0.25, 0.3) is 0 Å². The average Bonchev–Trinajstić information content (AvgIpc) is 2.42. The Hall–Kier alpha value is -1.87. The summed E-state index contributed by atoms with van der Waals surface area (Å²) in [6.07, 6.45) is 0. The highest BCUT2D eigenvalue weighted by Crippen LogP contribution is 2.40. The number of nitrogens with zero attached hydrogens (tertiary/aromatic N) is 1. The van der Waals surface area contributed by atoms with E-state index in [1.165, 1.54) is 20.3 Å². The highest BCUT2D eigenvalue weighted by Gasteiger charge is 2.27. The maximum atomic E-state index is 12.1. The Morgan fingerprint density at radius 2 is 1.87 bits per heavy atom. The minimum atomic E-state index is -3.71. The van der Waals surface area contributed by atoms with Crippen molar-refractivity contribution in [3.63, 3.8) is 0 Å². The van der Waals surface area contributed by atoms with E-state index in [-0.39, 0.29) is 29.5 Å². The number of nitro groups is 1. The van der Waals surface area contributed by atoms with Crippen LogP contribution in [0, 0.1) is 10.1 Å². The fraction of sp³-hybridized carbons (Fsp3) is 0.571. The SMILES string of the molecule is COCCS(=O)(=O)Nc1cc(C(C)(C)C)cc([N+](=O)[O-])c1OC. The molecule has 130 valence electrons. The first kappa shape index (κ1) is 19.2. The minimum Gasteiger partial charge on any atom is -0.489 e. The Morgan fingerprint density at radius 3 is 2.30 bits per heavy atom. The second-order valence-corrected chi connectivity index (χ2v) is 7.84. The molecule has 0 unspecified atom stereocenters. The molecule has 0 aliphatic rings. The zero-order valence-corrected chi connectivity index (χ0v) is 14.7. The number of ether oxygens (including phenoxy) is 2. The summed E-state index contributed by atoms with van der Waals surface area (Å²) in [6, 6.07) is 2.95. The van der Waals surface area contributed by atoms with Gasteiger partial charge in [0.1, 0.15) is 0 Å². The molecule has 1 aromatic rings. The summed E-state index contributed by atoms with van der Waals surface area (Å²) in [5.74, 6) is -0.385. The first-order valence-corrected chi connectivity index (χ1v) is 8.53. The third kappa shape index (κ3) is 5.07. The molecule has 0 heterocycles. The van der Waals surface area contributed by atoms with Crippen LogP contribution in [0.3, 0.4) is 0 Å². The number of hydrogen-bond donors (Lipinski definition) is 1. The maximum absolute atomic E-state index is 12.1. The van der Waals surface area contributed by atoms with Crippen LogP contribution in [0.1, 0.15) is 26.3 Å². The van der Waals surface area contributed by atoms with Crippen LogP contribution in [-0.4, -0.2) is 39.9 Å². The summed E-state index contributed by atoms with van der Waals surface area (Å²) in [5.41, 5.74) is -0.0226. The van der Waals surface area contributed by atoms with Crippen LogP contribution in [-0.2, 0) is 20.2 Å². The van der Waals surface area contributed by atoms with Crippen molar-refractivity contribution in [1.82, 2.24) is 0 Å². The summed E-state index contributed by atoms with van der Waals surface area (Å²) in [5, 5.41) is 11.3. The van der Waals surface area contributed by atoms with Gasteiger partial charge >= 0.3 is 5.69 Å². The molecule has 0 saturated carbocycles. The number of methoxy groups -OCH3 is 2. The largest absolute Gasteiger partial charge is 0.489 e. The molecule has 0 aliphatic heterocycles. The van der Waals surface area contributed by atoms with Crippen LogP contribution in [0.2, 0.25) is 0 Å². The van der Waals surface area contributed by atoms with E-state index in [1.54, 1.807) is 6.07 Å². The Kier molecular flexibility index (Phi) is 5.95. The van der Waals surface area contributed by atoms with Crippen LogP contribution in [0.15, 0.2) is 12.1 Å². The van der Waals surface area contributed by atoms with E-state index >= 15 is 0 Å². The lowest BCUT2D eigenvalue weighted by Gasteiger charge is -2.21. The first-order chi connectivity index (χ1) is 10.5. The monoisotopic (exact) mass is 346 g/mol. The van der Waals surface area contributed by atoms with E-state index in [1.807, 2.05) is 20.8 Å². The van der Waals surface area contributed by atoms with Gasteiger partial charge in [-0.15, -0.1) is 0 Å². The molecular formula is C14H22N2O6S. The molecule has 23 heavy (non-hydrogen) atoms. The second kappa shape index (κ2) is 7.14. The topological polar surface area (TPSA) is 108 Å². The van der Waals surface area contributed by atoms with E-state index in [0.29, 0.717) is 5.56 Å². The van der Waals surface area contributed by atoms with Crippen LogP contribution >= 0.6 is 0 Å². The number of nitro benzene ring substituents is 1. The van der Waals surface area contributed by atoms with E-state index < -0.39 is 20.4 Å². The van der Waals surface area contributed by atoms with Gasteiger partial charge in [-0.2, -0.15) is 0 Å². The fourth-order valence-corrected chi connectivity index (χ4v) is 2.86. The average molecular weight is 346 g/mol. The van der Waals surface area contributed by atoms with Crippen molar-refractivity contribution in [2.24, 2.45) is 0 Å². The number of benzene rings is 1. The smallest absolute Gasteiger partial charge is 0.313 e. The molecule has 0 fully saturated rings. The van der Waals surface area contributed by atoms with E-state index in [9.17, 15) is 18.5 Å². The van der Waals surface area contributed by atoms with E-state index in [2.05, 4.69) is 4.72 Å². The van der Waals surface area contributed by atoms with Crippen LogP contribution in [0.4, 0.5) is 11.4 Å². The van der Waals surface area contributed by atoms with Gasteiger partial charge in [0.2, 0.25) is 15.8 Å². The fourth-order valence-electron chi connectivity index (χ4n) is 1.88. The summed E-state index contributed by atoms with van der Waals surface area (Å²) >= 11 is 0. The summed E-state index contributed by atoms with van der Waals surface area (Å²) in [4.78, 5) is 10.7. The predicted molar refractivity (Wildman–Crippen MR) is 87.6 cm³/mol. The molecule has 0 aromatic heterocycles. The third-order valence-corrected chi connectivity index (χ3v) is 4.39. The molecule has 1 aromatic carbocycles. The number of sulfonamides is 1. The molecule has 0 radical (unpaired) electrons. The lowest BCUT2D eigenvalue weighted by atomic mass is 9.86. The molecule has 8 nitrogen and oxygen atoms in total. The van der Waals surface area contributed by atoms with Crippen molar-refractivity contribution >= 4 is 21.4 Å². The Morgan fingerprint density at radius 1 is 1.26 bits per heavy atom. The summed E-state index contributed by atoms with van der Waals surface area (Å²) in [6.45, 7) is 5.64. The van der Waals surface area contributed by atoms with Crippen molar-refractivity contribution in [2.75, 3.05) is 31.3 Å². The normalized spacial score (nSPS) is 12.0. The molecule has 1 rings (SSSR count). The first-order valence-electron chi connectivity index (χ1n) is 6.88. The molecule has 1 N–H and O–H groups in total. The molecule has 0 aliphatic carbocycles. The van der Waals surface area contributed by atoms with Gasteiger partial charge in [0.15, 0.2) is 0 Å². The minimum absolute atomic E-state index is 0.0126. The standard InChI is InChI=1S/C14H22N2O6S/c1-14(2,3)10-8-11(15-23(19,20)7-6-21-4)13(22-5)12(9-10)16(17)18/h8-9,15H,6-7H2,1-5H3. The number of rotatable bonds is 7. The Labute approximate surface area is 136 Å². The summed E-state index contributed by atoms with van der Waals surface area (Å²) < 4.78 is 36.3. The third-order valence-electron chi connectivity index (χ3n) is 3.16. The van der Waals surface area contributed by atoms with Gasteiger partial charge in [-0.05, 0) is 17.0 Å². The molecule has 0 atom stereocenters. The van der Waals surface area contributed by atoms with Crippen molar-refractivity contribution in [2.45, 2.75) is 26.2 Å². The quantitative estimate of drug-likeness (QED) is 0.599. The molecule has 0 spiro atoms. The lowest BCUT2D eigenvalue weighted by Crippen LogP contribution is -2.21. The van der Waals surface area contributed by atoms with Crippen LogP contribution in [0.5, 0.6) is 5.75 Å². The van der Waals surface area contributed by atoms with Crippen molar-refractivity contribution in [3.8, 4) is 5.75 Å². The summed E-state index contributed by atoms with van der Waals surface area (Å²) in [7, 11) is -1.07. The zero-order valence-electron chi connectivity index (χ0n) is 13.9. The van der Waals surface area contributed by atoms with Crippen molar-refractivity contribution in [3.05, 3.63) is 27.8 Å².